The van der Waals surface area contributed by atoms with Crippen molar-refractivity contribution in [1.29, 1.82) is 5.26 Å². The van der Waals surface area contributed by atoms with Crippen LogP contribution in [0.15, 0.2) is 23.1 Å². The molecule has 0 aliphatic heterocycles. The summed E-state index contributed by atoms with van der Waals surface area (Å²) in [6, 6.07) is 4.89. The largest absolute Gasteiger partial charge is 0.380 e. The first-order valence-electron chi connectivity index (χ1n) is 4.96. The van der Waals surface area contributed by atoms with Crippen LogP contribution >= 0.6 is 0 Å². The normalized spacial score (nSPS) is 9.87. The number of hydrogen-bond donors (Lipinski definition) is 0. The van der Waals surface area contributed by atoms with Crippen molar-refractivity contribution in [2.24, 2.45) is 0 Å². The van der Waals surface area contributed by atoms with E-state index in [1.54, 1.807) is 12.3 Å². The molecular formula is C11H14N2O2. The fourth-order valence-corrected chi connectivity index (χ4v) is 1.17. The molecule has 0 N–H and O–H groups in total. The van der Waals surface area contributed by atoms with Crippen molar-refractivity contribution in [2.75, 3.05) is 13.2 Å². The van der Waals surface area contributed by atoms with Crippen LogP contribution in [0.3, 0.4) is 0 Å². The zero-order chi connectivity index (χ0) is 11.1. The van der Waals surface area contributed by atoms with Crippen LogP contribution in [0.25, 0.3) is 0 Å². The van der Waals surface area contributed by atoms with Crippen molar-refractivity contribution >= 4 is 0 Å². The Balaban J connectivity index is 2.56. The molecule has 0 fully saturated rings. The van der Waals surface area contributed by atoms with Gasteiger partial charge in [-0.2, -0.15) is 5.26 Å². The first kappa shape index (κ1) is 11.5. The second-order valence-electron chi connectivity index (χ2n) is 3.17. The first-order valence-corrected chi connectivity index (χ1v) is 4.96. The molecule has 0 amide bonds. The Hall–Kier alpha value is -1.60. The molecule has 0 atom stereocenters. The molecule has 0 aromatic carbocycles. The van der Waals surface area contributed by atoms with Crippen LogP contribution in [-0.4, -0.2) is 17.8 Å². The Morgan fingerprint density at radius 1 is 1.53 bits per heavy atom. The van der Waals surface area contributed by atoms with Gasteiger partial charge < -0.3 is 9.30 Å². The molecule has 4 heteroatoms. The second kappa shape index (κ2) is 5.99. The maximum absolute atomic E-state index is 11.4. The van der Waals surface area contributed by atoms with E-state index in [9.17, 15) is 4.79 Å². The standard InChI is InChI=1S/C11H14N2O2/c1-2-6-15-7-5-13-4-3-10(9-12)8-11(13)14/h3-4,8H,2,5-7H2,1H3. The van der Waals surface area contributed by atoms with E-state index in [-0.39, 0.29) is 5.56 Å². The predicted molar refractivity (Wildman–Crippen MR) is 56.5 cm³/mol. The van der Waals surface area contributed by atoms with E-state index in [1.807, 2.05) is 13.0 Å². The third kappa shape index (κ3) is 3.56. The molecule has 80 valence electrons. The molecule has 15 heavy (non-hydrogen) atoms. The summed E-state index contributed by atoms with van der Waals surface area (Å²) in [7, 11) is 0. The molecule has 1 heterocycles. The van der Waals surface area contributed by atoms with Gasteiger partial charge in [-0.1, -0.05) is 6.92 Å². The molecule has 0 saturated carbocycles. The molecule has 0 bridgehead atoms. The van der Waals surface area contributed by atoms with Gasteiger partial charge in [0, 0.05) is 25.4 Å². The maximum atomic E-state index is 11.4. The average molecular weight is 206 g/mol. The zero-order valence-electron chi connectivity index (χ0n) is 8.77. The van der Waals surface area contributed by atoms with Gasteiger partial charge in [0.05, 0.1) is 18.2 Å². The van der Waals surface area contributed by atoms with Gasteiger partial charge in [0.25, 0.3) is 5.56 Å². The van der Waals surface area contributed by atoms with E-state index in [2.05, 4.69) is 0 Å². The highest BCUT2D eigenvalue weighted by molar-refractivity contribution is 5.25. The van der Waals surface area contributed by atoms with Crippen LogP contribution in [0.2, 0.25) is 0 Å². The third-order valence-electron chi connectivity index (χ3n) is 1.95. The predicted octanol–water partition coefficient (Wildman–Crippen LogP) is 1.15. The summed E-state index contributed by atoms with van der Waals surface area (Å²) in [5, 5.41) is 8.58. The van der Waals surface area contributed by atoms with Crippen molar-refractivity contribution in [3.63, 3.8) is 0 Å². The van der Waals surface area contributed by atoms with E-state index in [1.165, 1.54) is 10.6 Å². The van der Waals surface area contributed by atoms with Crippen LogP contribution in [0.5, 0.6) is 0 Å². The number of nitriles is 1. The molecule has 1 rings (SSSR count). The molecule has 0 aliphatic carbocycles. The fraction of sp³-hybridized carbons (Fsp3) is 0.455. The lowest BCUT2D eigenvalue weighted by Gasteiger charge is -2.05. The topological polar surface area (TPSA) is 55.0 Å². The van der Waals surface area contributed by atoms with Crippen molar-refractivity contribution in [3.8, 4) is 6.07 Å². The molecule has 0 unspecified atom stereocenters. The van der Waals surface area contributed by atoms with Gasteiger partial charge in [0.15, 0.2) is 0 Å². The van der Waals surface area contributed by atoms with Crippen LogP contribution in [0.1, 0.15) is 18.9 Å². The lowest BCUT2D eigenvalue weighted by atomic mass is 10.3. The van der Waals surface area contributed by atoms with Crippen molar-refractivity contribution in [1.82, 2.24) is 4.57 Å². The Morgan fingerprint density at radius 2 is 2.33 bits per heavy atom. The molecule has 0 radical (unpaired) electrons. The summed E-state index contributed by atoms with van der Waals surface area (Å²) < 4.78 is 6.81. The van der Waals surface area contributed by atoms with Crippen molar-refractivity contribution in [3.05, 3.63) is 34.2 Å². The first-order chi connectivity index (χ1) is 7.27. The van der Waals surface area contributed by atoms with Crippen molar-refractivity contribution < 1.29 is 4.74 Å². The van der Waals surface area contributed by atoms with Gasteiger partial charge in [-0.3, -0.25) is 4.79 Å². The maximum Gasteiger partial charge on any atom is 0.251 e. The molecule has 0 aliphatic rings. The molecule has 0 spiro atoms. The van der Waals surface area contributed by atoms with Gasteiger partial charge in [0.1, 0.15) is 0 Å². The van der Waals surface area contributed by atoms with Gasteiger partial charge in [-0.25, -0.2) is 0 Å². The molecule has 4 nitrogen and oxygen atoms in total. The van der Waals surface area contributed by atoms with Gasteiger partial charge in [-0.15, -0.1) is 0 Å². The van der Waals surface area contributed by atoms with Gasteiger partial charge in [-0.05, 0) is 12.5 Å². The van der Waals surface area contributed by atoms with E-state index in [0.717, 1.165) is 6.42 Å². The Bertz CT molecular complexity index is 404. The summed E-state index contributed by atoms with van der Waals surface area (Å²) in [5.41, 5.74) is 0.236. The summed E-state index contributed by atoms with van der Waals surface area (Å²) >= 11 is 0. The summed E-state index contributed by atoms with van der Waals surface area (Å²) in [6.07, 6.45) is 2.60. The molecular weight excluding hydrogens is 192 g/mol. The minimum atomic E-state index is -0.158. The number of ether oxygens (including phenoxy) is 1. The Kier molecular flexibility index (Phi) is 4.58. The van der Waals surface area contributed by atoms with Crippen LogP contribution in [-0.2, 0) is 11.3 Å². The summed E-state index contributed by atoms with van der Waals surface area (Å²) in [6.45, 7) is 3.81. The summed E-state index contributed by atoms with van der Waals surface area (Å²) in [5.74, 6) is 0. The van der Waals surface area contributed by atoms with Gasteiger partial charge in [0.2, 0.25) is 0 Å². The quantitative estimate of drug-likeness (QED) is 0.679. The van der Waals surface area contributed by atoms with Crippen LogP contribution in [0.4, 0.5) is 0 Å². The molecule has 1 aromatic heterocycles. The van der Waals surface area contributed by atoms with Gasteiger partial charge >= 0.3 is 0 Å². The lowest BCUT2D eigenvalue weighted by Crippen LogP contribution is -2.21. The van der Waals surface area contributed by atoms with E-state index < -0.39 is 0 Å². The van der Waals surface area contributed by atoms with Crippen LogP contribution in [0, 0.1) is 11.3 Å². The monoisotopic (exact) mass is 206 g/mol. The van der Waals surface area contributed by atoms with E-state index >= 15 is 0 Å². The minimum Gasteiger partial charge on any atom is -0.380 e. The Labute approximate surface area is 88.7 Å². The van der Waals surface area contributed by atoms with Crippen molar-refractivity contribution in [2.45, 2.75) is 19.9 Å². The number of aromatic nitrogens is 1. The second-order valence-corrected chi connectivity index (χ2v) is 3.17. The van der Waals surface area contributed by atoms with E-state index in [4.69, 9.17) is 10.00 Å². The SMILES string of the molecule is CCCOCCn1ccc(C#N)cc1=O. The number of pyridine rings is 1. The number of hydrogen-bond acceptors (Lipinski definition) is 3. The van der Waals surface area contributed by atoms with Crippen LogP contribution < -0.4 is 5.56 Å². The zero-order valence-corrected chi connectivity index (χ0v) is 8.77. The smallest absolute Gasteiger partial charge is 0.251 e. The minimum absolute atomic E-state index is 0.158. The Morgan fingerprint density at radius 3 is 2.93 bits per heavy atom. The number of rotatable bonds is 5. The average Bonchev–Trinajstić information content (AvgIpc) is 2.26. The highest BCUT2D eigenvalue weighted by atomic mass is 16.5. The van der Waals surface area contributed by atoms with E-state index in [0.29, 0.717) is 25.3 Å². The summed E-state index contributed by atoms with van der Waals surface area (Å²) in [4.78, 5) is 11.4. The lowest BCUT2D eigenvalue weighted by molar-refractivity contribution is 0.126. The highest BCUT2D eigenvalue weighted by Crippen LogP contribution is 1.92. The molecule has 1 aromatic rings. The number of nitrogens with zero attached hydrogens (tertiary/aromatic N) is 2. The highest BCUT2D eigenvalue weighted by Gasteiger charge is 1.97. The third-order valence-corrected chi connectivity index (χ3v) is 1.95. The molecule has 0 saturated heterocycles. The fourth-order valence-electron chi connectivity index (χ4n) is 1.17.